The Balaban J connectivity index is 2.28. The standard InChI is InChI=1S/C16H24O2/c1-3-18-16(11-7-4-8-12-16)15(17)14-10-6-5-9-13(14)2/h5-6,9-10,15,17H,3-4,7-8,11-12H2,1-2H3. The predicted octanol–water partition coefficient (Wildman–Crippen LogP) is 3.77. The predicted molar refractivity (Wildman–Crippen MR) is 73.6 cm³/mol. The first kappa shape index (κ1) is 13.6. The number of benzene rings is 1. The molecule has 1 unspecified atom stereocenters. The Labute approximate surface area is 110 Å². The number of aryl methyl sites for hydroxylation is 1. The topological polar surface area (TPSA) is 29.5 Å². The first-order chi connectivity index (χ1) is 8.69. The van der Waals surface area contributed by atoms with Gasteiger partial charge in [0.1, 0.15) is 6.10 Å². The molecule has 1 atom stereocenters. The number of aliphatic hydroxyl groups excluding tert-OH is 1. The maximum atomic E-state index is 10.8. The Morgan fingerprint density at radius 1 is 1.22 bits per heavy atom. The van der Waals surface area contributed by atoms with Crippen molar-refractivity contribution in [2.75, 3.05) is 6.61 Å². The summed E-state index contributed by atoms with van der Waals surface area (Å²) in [5, 5.41) is 10.8. The van der Waals surface area contributed by atoms with Crippen molar-refractivity contribution in [3.05, 3.63) is 35.4 Å². The lowest BCUT2D eigenvalue weighted by Crippen LogP contribution is -2.41. The second-order valence-corrected chi connectivity index (χ2v) is 5.32. The molecule has 1 aliphatic rings. The molecule has 1 fully saturated rings. The molecular weight excluding hydrogens is 224 g/mol. The van der Waals surface area contributed by atoms with E-state index in [0.717, 1.165) is 36.8 Å². The van der Waals surface area contributed by atoms with Crippen LogP contribution in [-0.4, -0.2) is 17.3 Å². The van der Waals surface area contributed by atoms with Gasteiger partial charge in [0, 0.05) is 6.61 Å². The molecule has 0 amide bonds. The van der Waals surface area contributed by atoms with E-state index in [2.05, 4.69) is 13.0 Å². The van der Waals surface area contributed by atoms with Gasteiger partial charge >= 0.3 is 0 Å². The van der Waals surface area contributed by atoms with E-state index < -0.39 is 6.10 Å². The molecular formula is C16H24O2. The van der Waals surface area contributed by atoms with Gasteiger partial charge in [-0.3, -0.25) is 0 Å². The van der Waals surface area contributed by atoms with Crippen LogP contribution in [0.1, 0.15) is 56.3 Å². The third-order valence-electron chi connectivity index (χ3n) is 4.11. The minimum Gasteiger partial charge on any atom is -0.385 e. The van der Waals surface area contributed by atoms with Crippen LogP contribution in [0, 0.1) is 6.92 Å². The van der Waals surface area contributed by atoms with E-state index in [1.54, 1.807) is 0 Å². The second kappa shape index (κ2) is 5.85. The van der Waals surface area contributed by atoms with Gasteiger partial charge in [0.2, 0.25) is 0 Å². The van der Waals surface area contributed by atoms with Crippen molar-refractivity contribution in [3.63, 3.8) is 0 Å². The zero-order valence-electron chi connectivity index (χ0n) is 11.5. The first-order valence-electron chi connectivity index (χ1n) is 7.07. The van der Waals surface area contributed by atoms with Gasteiger partial charge in [-0.15, -0.1) is 0 Å². The fourth-order valence-electron chi connectivity index (χ4n) is 3.11. The Bertz CT molecular complexity index is 375. The Morgan fingerprint density at radius 2 is 1.89 bits per heavy atom. The summed E-state index contributed by atoms with van der Waals surface area (Å²) in [5.41, 5.74) is 1.81. The third-order valence-corrected chi connectivity index (χ3v) is 4.11. The molecule has 0 aliphatic heterocycles. The summed E-state index contributed by atoms with van der Waals surface area (Å²) in [4.78, 5) is 0. The van der Waals surface area contributed by atoms with Crippen LogP contribution in [0.3, 0.4) is 0 Å². The van der Waals surface area contributed by atoms with Crippen LogP contribution in [0.15, 0.2) is 24.3 Å². The van der Waals surface area contributed by atoms with Crippen molar-refractivity contribution in [2.24, 2.45) is 0 Å². The molecule has 1 aliphatic carbocycles. The zero-order valence-corrected chi connectivity index (χ0v) is 11.5. The van der Waals surface area contributed by atoms with Crippen LogP contribution in [0.5, 0.6) is 0 Å². The van der Waals surface area contributed by atoms with Crippen molar-refractivity contribution >= 4 is 0 Å². The van der Waals surface area contributed by atoms with Gasteiger partial charge in [0.15, 0.2) is 0 Å². The SMILES string of the molecule is CCOC1(C(O)c2ccccc2C)CCCCC1. The molecule has 2 rings (SSSR count). The molecule has 1 N–H and O–H groups in total. The van der Waals surface area contributed by atoms with Gasteiger partial charge in [-0.25, -0.2) is 0 Å². The quantitative estimate of drug-likeness (QED) is 0.879. The van der Waals surface area contributed by atoms with Gasteiger partial charge < -0.3 is 9.84 Å². The molecule has 0 spiro atoms. The Hall–Kier alpha value is -0.860. The van der Waals surface area contributed by atoms with Gasteiger partial charge in [-0.05, 0) is 37.8 Å². The molecule has 2 nitrogen and oxygen atoms in total. The molecule has 0 radical (unpaired) electrons. The van der Waals surface area contributed by atoms with E-state index in [1.807, 2.05) is 25.1 Å². The lowest BCUT2D eigenvalue weighted by Gasteiger charge is -2.41. The summed E-state index contributed by atoms with van der Waals surface area (Å²) in [5.74, 6) is 0. The highest BCUT2D eigenvalue weighted by Crippen LogP contribution is 2.42. The maximum Gasteiger partial charge on any atom is 0.108 e. The largest absolute Gasteiger partial charge is 0.385 e. The van der Waals surface area contributed by atoms with Crippen LogP contribution in [-0.2, 0) is 4.74 Å². The lowest BCUT2D eigenvalue weighted by molar-refractivity contribution is -0.142. The summed E-state index contributed by atoms with van der Waals surface area (Å²) >= 11 is 0. The first-order valence-corrected chi connectivity index (χ1v) is 7.07. The second-order valence-electron chi connectivity index (χ2n) is 5.32. The highest BCUT2D eigenvalue weighted by Gasteiger charge is 2.40. The van der Waals surface area contributed by atoms with Gasteiger partial charge in [-0.1, -0.05) is 43.5 Å². The molecule has 0 heterocycles. The number of aliphatic hydroxyl groups is 1. The monoisotopic (exact) mass is 248 g/mol. The normalized spacial score (nSPS) is 20.6. The zero-order chi connectivity index (χ0) is 13.0. The summed E-state index contributed by atoms with van der Waals surface area (Å²) < 4.78 is 5.99. The van der Waals surface area contributed by atoms with E-state index in [-0.39, 0.29) is 5.60 Å². The smallest absolute Gasteiger partial charge is 0.108 e. The van der Waals surface area contributed by atoms with Crippen molar-refractivity contribution in [1.82, 2.24) is 0 Å². The van der Waals surface area contributed by atoms with Crippen molar-refractivity contribution in [1.29, 1.82) is 0 Å². The molecule has 2 heteroatoms. The van der Waals surface area contributed by atoms with E-state index in [9.17, 15) is 5.11 Å². The molecule has 100 valence electrons. The highest BCUT2D eigenvalue weighted by molar-refractivity contribution is 5.29. The summed E-state index contributed by atoms with van der Waals surface area (Å²) in [6, 6.07) is 8.09. The van der Waals surface area contributed by atoms with Gasteiger partial charge in [0.25, 0.3) is 0 Å². The molecule has 18 heavy (non-hydrogen) atoms. The van der Waals surface area contributed by atoms with Gasteiger partial charge in [-0.2, -0.15) is 0 Å². The van der Waals surface area contributed by atoms with E-state index in [1.165, 1.54) is 6.42 Å². The van der Waals surface area contributed by atoms with Gasteiger partial charge in [0.05, 0.1) is 5.60 Å². The van der Waals surface area contributed by atoms with Crippen LogP contribution in [0.25, 0.3) is 0 Å². The van der Waals surface area contributed by atoms with Crippen LogP contribution in [0.4, 0.5) is 0 Å². The molecule has 0 bridgehead atoms. The van der Waals surface area contributed by atoms with E-state index in [4.69, 9.17) is 4.74 Å². The number of hydrogen-bond acceptors (Lipinski definition) is 2. The molecule has 1 aromatic carbocycles. The lowest BCUT2D eigenvalue weighted by atomic mass is 9.77. The number of ether oxygens (including phenoxy) is 1. The highest BCUT2D eigenvalue weighted by atomic mass is 16.5. The van der Waals surface area contributed by atoms with Crippen LogP contribution >= 0.6 is 0 Å². The van der Waals surface area contributed by atoms with Crippen molar-refractivity contribution in [2.45, 2.75) is 57.7 Å². The van der Waals surface area contributed by atoms with Crippen LogP contribution < -0.4 is 0 Å². The van der Waals surface area contributed by atoms with Crippen LogP contribution in [0.2, 0.25) is 0 Å². The van der Waals surface area contributed by atoms with E-state index in [0.29, 0.717) is 6.61 Å². The molecule has 1 aromatic rings. The maximum absolute atomic E-state index is 10.8. The molecule has 0 aromatic heterocycles. The summed E-state index contributed by atoms with van der Waals surface area (Å²) in [6.07, 6.45) is 5.01. The fraction of sp³-hybridized carbons (Fsp3) is 0.625. The molecule has 0 saturated heterocycles. The van der Waals surface area contributed by atoms with E-state index >= 15 is 0 Å². The fourth-order valence-corrected chi connectivity index (χ4v) is 3.11. The Morgan fingerprint density at radius 3 is 2.50 bits per heavy atom. The Kier molecular flexibility index (Phi) is 4.41. The third kappa shape index (κ3) is 2.60. The minimum atomic E-state index is -0.501. The average Bonchev–Trinajstić information content (AvgIpc) is 2.40. The van der Waals surface area contributed by atoms with Crippen molar-refractivity contribution < 1.29 is 9.84 Å². The number of rotatable bonds is 4. The number of hydrogen-bond donors (Lipinski definition) is 1. The molecule has 1 saturated carbocycles. The summed E-state index contributed by atoms with van der Waals surface area (Å²) in [6.45, 7) is 4.74. The summed E-state index contributed by atoms with van der Waals surface area (Å²) in [7, 11) is 0. The average molecular weight is 248 g/mol. The van der Waals surface area contributed by atoms with Crippen molar-refractivity contribution in [3.8, 4) is 0 Å². The minimum absolute atomic E-state index is 0.362.